The molecule has 8 heteroatoms. The Balaban J connectivity index is 1.54. The van der Waals surface area contributed by atoms with Gasteiger partial charge in [0.1, 0.15) is 0 Å². The number of nitrogens with one attached hydrogen (secondary N) is 1. The molecular formula is C26H28N4O3S. The SMILES string of the molecule is CC1=C(C(=O)OC(C)C)[C@@H](c2ccccc2)N2C(CC(=O)NCCc3ccccn3)=CSC2=N1. The highest BCUT2D eigenvalue weighted by Gasteiger charge is 2.41. The molecule has 34 heavy (non-hydrogen) atoms. The summed E-state index contributed by atoms with van der Waals surface area (Å²) in [5, 5.41) is 5.67. The summed E-state index contributed by atoms with van der Waals surface area (Å²) in [5.74, 6) is -0.478. The Morgan fingerprint density at radius 2 is 1.91 bits per heavy atom. The van der Waals surface area contributed by atoms with Gasteiger partial charge in [-0.15, -0.1) is 0 Å². The number of rotatable bonds is 8. The van der Waals surface area contributed by atoms with Gasteiger partial charge in [0.25, 0.3) is 0 Å². The van der Waals surface area contributed by atoms with Gasteiger partial charge in [-0.05, 0) is 43.9 Å². The van der Waals surface area contributed by atoms with Crippen LogP contribution in [0.2, 0.25) is 0 Å². The lowest BCUT2D eigenvalue weighted by atomic mass is 9.94. The number of benzene rings is 1. The van der Waals surface area contributed by atoms with Gasteiger partial charge in [0.2, 0.25) is 5.91 Å². The van der Waals surface area contributed by atoms with Crippen LogP contribution in [-0.2, 0) is 20.7 Å². The van der Waals surface area contributed by atoms with E-state index in [0.29, 0.717) is 24.2 Å². The molecule has 2 aliphatic rings. The standard InChI is InChI=1S/C26H28N4O3S/c1-17(2)33-25(32)23-18(3)29-26-30(24(23)19-9-5-4-6-10-19)21(16-34-26)15-22(31)28-14-12-20-11-7-8-13-27-20/h4-11,13,16-17,24H,12,14-15H2,1-3H3,(H,28,31)/t24-/m1/s1. The van der Waals surface area contributed by atoms with Crippen LogP contribution in [0.3, 0.4) is 0 Å². The first kappa shape index (κ1) is 23.8. The van der Waals surface area contributed by atoms with E-state index >= 15 is 0 Å². The predicted octanol–water partition coefficient (Wildman–Crippen LogP) is 4.36. The van der Waals surface area contributed by atoms with E-state index in [1.807, 2.05) is 79.6 Å². The molecule has 0 spiro atoms. The molecule has 1 amide bonds. The fourth-order valence-electron chi connectivity index (χ4n) is 3.96. The topological polar surface area (TPSA) is 83.9 Å². The number of amidine groups is 1. The maximum atomic E-state index is 13.1. The maximum absolute atomic E-state index is 13.1. The van der Waals surface area contributed by atoms with Crippen molar-refractivity contribution in [3.63, 3.8) is 0 Å². The molecule has 2 aliphatic heterocycles. The highest BCUT2D eigenvalue weighted by atomic mass is 32.2. The molecule has 2 aromatic rings. The molecule has 0 unspecified atom stereocenters. The van der Waals surface area contributed by atoms with Gasteiger partial charge in [0.15, 0.2) is 5.17 Å². The normalized spacial score (nSPS) is 17.3. The van der Waals surface area contributed by atoms with Gasteiger partial charge in [0, 0.05) is 30.6 Å². The number of thioether (sulfide) groups is 1. The third-order valence-electron chi connectivity index (χ3n) is 5.45. The summed E-state index contributed by atoms with van der Waals surface area (Å²) >= 11 is 1.46. The molecule has 176 valence electrons. The van der Waals surface area contributed by atoms with Gasteiger partial charge in [-0.25, -0.2) is 9.79 Å². The Kier molecular flexibility index (Phi) is 7.47. The first-order valence-electron chi connectivity index (χ1n) is 11.3. The number of hydrogen-bond donors (Lipinski definition) is 1. The van der Waals surface area contributed by atoms with Crippen LogP contribution >= 0.6 is 11.8 Å². The van der Waals surface area contributed by atoms with Gasteiger partial charge in [0.05, 0.1) is 29.8 Å². The van der Waals surface area contributed by atoms with Crippen LogP contribution in [0.1, 0.15) is 44.5 Å². The quantitative estimate of drug-likeness (QED) is 0.570. The molecule has 3 heterocycles. The van der Waals surface area contributed by atoms with Crippen molar-refractivity contribution in [1.29, 1.82) is 0 Å². The smallest absolute Gasteiger partial charge is 0.338 e. The molecule has 0 bridgehead atoms. The first-order valence-corrected chi connectivity index (χ1v) is 12.2. The minimum Gasteiger partial charge on any atom is -0.459 e. The molecule has 1 aromatic carbocycles. The van der Waals surface area contributed by atoms with E-state index in [-0.39, 0.29) is 24.4 Å². The molecular weight excluding hydrogens is 448 g/mol. The fraction of sp³-hybridized carbons (Fsp3) is 0.308. The summed E-state index contributed by atoms with van der Waals surface area (Å²) in [6.07, 6.45) is 2.35. The van der Waals surface area contributed by atoms with Crippen LogP contribution in [0.25, 0.3) is 0 Å². The lowest BCUT2D eigenvalue weighted by Gasteiger charge is -2.36. The largest absolute Gasteiger partial charge is 0.459 e. The third-order valence-corrected chi connectivity index (χ3v) is 6.34. The summed E-state index contributed by atoms with van der Waals surface area (Å²) in [4.78, 5) is 36.8. The fourth-order valence-corrected chi connectivity index (χ4v) is 4.93. The van der Waals surface area contributed by atoms with Crippen molar-refractivity contribution in [2.45, 2.75) is 45.8 Å². The van der Waals surface area contributed by atoms with Crippen LogP contribution in [0.15, 0.2) is 82.1 Å². The minimum absolute atomic E-state index is 0.0894. The number of carbonyl (C=O) groups is 2. The summed E-state index contributed by atoms with van der Waals surface area (Å²) in [6, 6.07) is 15.1. The second kappa shape index (κ2) is 10.7. The molecule has 0 saturated heterocycles. The van der Waals surface area contributed by atoms with E-state index in [4.69, 9.17) is 4.74 Å². The van der Waals surface area contributed by atoms with Crippen molar-refractivity contribution >= 4 is 28.8 Å². The average Bonchev–Trinajstić information content (AvgIpc) is 3.20. The highest BCUT2D eigenvalue weighted by Crippen LogP contribution is 2.44. The van der Waals surface area contributed by atoms with E-state index < -0.39 is 6.04 Å². The summed E-state index contributed by atoms with van der Waals surface area (Å²) < 4.78 is 5.57. The lowest BCUT2D eigenvalue weighted by Crippen LogP contribution is -2.38. The molecule has 1 aromatic heterocycles. The molecule has 0 fully saturated rings. The second-order valence-corrected chi connectivity index (χ2v) is 9.19. The van der Waals surface area contributed by atoms with Crippen LogP contribution < -0.4 is 5.32 Å². The monoisotopic (exact) mass is 476 g/mol. The number of fused-ring (bicyclic) bond motifs is 1. The summed E-state index contributed by atoms with van der Waals surface area (Å²) in [7, 11) is 0. The molecule has 4 rings (SSSR count). The van der Waals surface area contributed by atoms with Gasteiger partial charge < -0.3 is 15.0 Å². The Hall–Kier alpha value is -3.39. The number of amides is 1. The molecule has 1 N–H and O–H groups in total. The van der Waals surface area contributed by atoms with E-state index in [2.05, 4.69) is 15.3 Å². The van der Waals surface area contributed by atoms with Crippen LogP contribution in [0, 0.1) is 0 Å². The highest BCUT2D eigenvalue weighted by molar-refractivity contribution is 8.16. The number of esters is 1. The number of aliphatic imine (C=N–C) groups is 1. The van der Waals surface area contributed by atoms with Crippen molar-refractivity contribution in [1.82, 2.24) is 15.2 Å². The molecule has 7 nitrogen and oxygen atoms in total. The Morgan fingerprint density at radius 1 is 1.15 bits per heavy atom. The Bertz CT molecular complexity index is 1140. The zero-order valence-corrected chi connectivity index (χ0v) is 20.3. The van der Waals surface area contributed by atoms with Crippen molar-refractivity contribution in [3.8, 4) is 0 Å². The van der Waals surface area contributed by atoms with E-state index in [9.17, 15) is 9.59 Å². The van der Waals surface area contributed by atoms with Gasteiger partial charge in [-0.3, -0.25) is 9.78 Å². The summed E-state index contributed by atoms with van der Waals surface area (Å²) in [5.41, 5.74) is 3.80. The number of nitrogens with zero attached hydrogens (tertiary/aromatic N) is 3. The number of ether oxygens (including phenoxy) is 1. The predicted molar refractivity (Wildman–Crippen MR) is 134 cm³/mol. The van der Waals surface area contributed by atoms with Crippen molar-refractivity contribution < 1.29 is 14.3 Å². The van der Waals surface area contributed by atoms with E-state index in [1.54, 1.807) is 6.20 Å². The molecule has 1 atom stereocenters. The van der Waals surface area contributed by atoms with E-state index in [1.165, 1.54) is 11.8 Å². The molecule has 0 radical (unpaired) electrons. The van der Waals surface area contributed by atoms with Gasteiger partial charge >= 0.3 is 5.97 Å². The summed E-state index contributed by atoms with van der Waals surface area (Å²) in [6.45, 7) is 5.99. The number of allylic oxidation sites excluding steroid dienone is 1. The number of pyridine rings is 1. The average molecular weight is 477 g/mol. The van der Waals surface area contributed by atoms with Crippen LogP contribution in [0.4, 0.5) is 0 Å². The van der Waals surface area contributed by atoms with Crippen molar-refractivity contribution in [2.75, 3.05) is 6.54 Å². The third kappa shape index (κ3) is 5.39. The zero-order chi connectivity index (χ0) is 24.1. The molecule has 0 aliphatic carbocycles. The Labute approximate surface area is 204 Å². The number of hydrogen-bond acceptors (Lipinski definition) is 7. The van der Waals surface area contributed by atoms with Crippen LogP contribution in [0.5, 0.6) is 0 Å². The maximum Gasteiger partial charge on any atom is 0.338 e. The second-order valence-electron chi connectivity index (χ2n) is 8.36. The van der Waals surface area contributed by atoms with Gasteiger partial charge in [-0.1, -0.05) is 48.2 Å². The van der Waals surface area contributed by atoms with Gasteiger partial charge in [-0.2, -0.15) is 0 Å². The number of aromatic nitrogens is 1. The first-order chi connectivity index (χ1) is 16.4. The lowest BCUT2D eigenvalue weighted by molar-refractivity contribution is -0.143. The van der Waals surface area contributed by atoms with Crippen molar-refractivity contribution in [2.24, 2.45) is 4.99 Å². The zero-order valence-electron chi connectivity index (χ0n) is 19.5. The number of carbonyl (C=O) groups excluding carboxylic acids is 2. The Morgan fingerprint density at radius 3 is 2.62 bits per heavy atom. The van der Waals surface area contributed by atoms with Crippen LogP contribution in [-0.4, -0.2) is 39.6 Å². The molecule has 0 saturated carbocycles. The van der Waals surface area contributed by atoms with E-state index in [0.717, 1.165) is 22.1 Å². The van der Waals surface area contributed by atoms with Crippen molar-refractivity contribution in [3.05, 3.63) is 88.4 Å². The minimum atomic E-state index is -0.414.